The molecule has 1 saturated heterocycles. The number of thioether (sulfide) groups is 1. The summed E-state index contributed by atoms with van der Waals surface area (Å²) in [4.78, 5) is 12.3. The van der Waals surface area contributed by atoms with Crippen molar-refractivity contribution in [2.75, 3.05) is 42.9 Å². The molecule has 2 aromatic rings. The minimum absolute atomic E-state index is 0.0122. The Morgan fingerprint density at radius 3 is 2.65 bits per heavy atom. The summed E-state index contributed by atoms with van der Waals surface area (Å²) < 4.78 is 61.3. The van der Waals surface area contributed by atoms with Crippen LogP contribution in [-0.2, 0) is 20.7 Å². The van der Waals surface area contributed by atoms with Crippen molar-refractivity contribution in [3.05, 3.63) is 35.4 Å². The summed E-state index contributed by atoms with van der Waals surface area (Å²) in [6.45, 7) is 2.40. The molecular weight excluding hydrogens is 454 g/mol. The maximum atomic E-state index is 13.9. The monoisotopic (exact) mass is 476 g/mol. The standard InChI is InChI=1S/C17H22F2N6O4S2/c1-11(9-26)20-15-21-16(24-31(27,28)25-5-7-29-8-6-25)23-17(22-15)30-10-12-3-2-4-13(18)14(12)19/h2-4,11,26H,5-10H2,1H3,(H2,20,21,22,23,24)/t11-/m1/s1. The molecule has 1 aromatic carbocycles. The lowest BCUT2D eigenvalue weighted by atomic mass is 10.2. The molecule has 31 heavy (non-hydrogen) atoms. The molecule has 1 aliphatic rings. The Balaban J connectivity index is 1.82. The number of ether oxygens (including phenoxy) is 1. The number of nitrogens with one attached hydrogen (secondary N) is 2. The highest BCUT2D eigenvalue weighted by atomic mass is 32.2. The fourth-order valence-electron chi connectivity index (χ4n) is 2.57. The Bertz CT molecular complexity index is 1010. The van der Waals surface area contributed by atoms with E-state index in [0.29, 0.717) is 0 Å². The SMILES string of the molecule is C[C@H](CO)Nc1nc(NS(=O)(=O)N2CCOCC2)nc(SCc2cccc(F)c2F)n1. The third kappa shape index (κ3) is 6.43. The summed E-state index contributed by atoms with van der Waals surface area (Å²) in [6, 6.07) is 3.43. The van der Waals surface area contributed by atoms with E-state index >= 15 is 0 Å². The average molecular weight is 477 g/mol. The Morgan fingerprint density at radius 2 is 1.94 bits per heavy atom. The van der Waals surface area contributed by atoms with Gasteiger partial charge in [0.05, 0.1) is 19.8 Å². The predicted octanol–water partition coefficient (Wildman–Crippen LogP) is 1.22. The second kappa shape index (κ2) is 10.5. The van der Waals surface area contributed by atoms with Gasteiger partial charge in [-0.1, -0.05) is 23.9 Å². The fraction of sp³-hybridized carbons (Fsp3) is 0.471. The third-order valence-electron chi connectivity index (χ3n) is 4.18. The van der Waals surface area contributed by atoms with Gasteiger partial charge in [-0.2, -0.15) is 27.7 Å². The minimum Gasteiger partial charge on any atom is -0.394 e. The summed E-state index contributed by atoms with van der Waals surface area (Å²) in [5.41, 5.74) is 0.110. The second-order valence-corrected chi connectivity index (χ2v) is 9.23. The van der Waals surface area contributed by atoms with Crippen molar-refractivity contribution in [2.24, 2.45) is 0 Å². The number of morpholine rings is 1. The van der Waals surface area contributed by atoms with E-state index in [-0.39, 0.29) is 61.3 Å². The highest BCUT2D eigenvalue weighted by molar-refractivity contribution is 7.98. The predicted molar refractivity (Wildman–Crippen MR) is 111 cm³/mol. The van der Waals surface area contributed by atoms with Crippen LogP contribution in [0.2, 0.25) is 0 Å². The Kier molecular flexibility index (Phi) is 7.94. The number of nitrogens with zero attached hydrogens (tertiary/aromatic N) is 4. The van der Waals surface area contributed by atoms with Gasteiger partial charge in [-0.05, 0) is 13.0 Å². The Labute approximate surface area is 182 Å². The molecule has 1 aliphatic heterocycles. The van der Waals surface area contributed by atoms with Crippen LogP contribution in [0.3, 0.4) is 0 Å². The molecule has 3 N–H and O–H groups in total. The zero-order chi connectivity index (χ0) is 22.4. The van der Waals surface area contributed by atoms with Crippen LogP contribution in [0.1, 0.15) is 12.5 Å². The summed E-state index contributed by atoms with van der Waals surface area (Å²) in [5, 5.41) is 12.2. The third-order valence-corrected chi connectivity index (χ3v) is 6.56. The zero-order valence-electron chi connectivity index (χ0n) is 16.6. The molecule has 170 valence electrons. The summed E-state index contributed by atoms with van der Waals surface area (Å²) in [6.07, 6.45) is 0. The van der Waals surface area contributed by atoms with E-state index in [4.69, 9.17) is 4.74 Å². The lowest BCUT2D eigenvalue weighted by Gasteiger charge is -2.25. The van der Waals surface area contributed by atoms with Gasteiger partial charge in [0.25, 0.3) is 0 Å². The molecule has 1 fully saturated rings. The van der Waals surface area contributed by atoms with Crippen LogP contribution < -0.4 is 10.0 Å². The van der Waals surface area contributed by atoms with Gasteiger partial charge in [-0.25, -0.2) is 13.5 Å². The summed E-state index contributed by atoms with van der Waals surface area (Å²) in [5.74, 6) is -2.13. The number of hydrogen-bond acceptors (Lipinski definition) is 9. The van der Waals surface area contributed by atoms with Crippen LogP contribution >= 0.6 is 11.8 Å². The normalized spacial score (nSPS) is 16.1. The largest absolute Gasteiger partial charge is 0.394 e. The number of hydrogen-bond donors (Lipinski definition) is 3. The molecule has 0 spiro atoms. The van der Waals surface area contributed by atoms with Gasteiger partial charge in [0.15, 0.2) is 16.8 Å². The van der Waals surface area contributed by atoms with E-state index in [2.05, 4.69) is 25.0 Å². The lowest BCUT2D eigenvalue weighted by Crippen LogP contribution is -2.43. The van der Waals surface area contributed by atoms with Gasteiger partial charge >= 0.3 is 10.2 Å². The number of benzene rings is 1. The average Bonchev–Trinajstić information content (AvgIpc) is 2.75. The van der Waals surface area contributed by atoms with E-state index in [1.807, 2.05) is 0 Å². The molecule has 0 amide bonds. The van der Waals surface area contributed by atoms with E-state index in [9.17, 15) is 22.3 Å². The van der Waals surface area contributed by atoms with Crippen molar-refractivity contribution in [2.45, 2.75) is 23.9 Å². The van der Waals surface area contributed by atoms with Crippen LogP contribution in [0, 0.1) is 11.6 Å². The van der Waals surface area contributed by atoms with E-state index in [1.54, 1.807) is 6.92 Å². The van der Waals surface area contributed by atoms with Crippen molar-refractivity contribution >= 4 is 33.9 Å². The topological polar surface area (TPSA) is 130 Å². The lowest BCUT2D eigenvalue weighted by molar-refractivity contribution is 0.0733. The first-order chi connectivity index (χ1) is 14.8. The van der Waals surface area contributed by atoms with Crippen molar-refractivity contribution < 1.29 is 27.0 Å². The molecule has 14 heteroatoms. The number of aliphatic hydroxyl groups excluding tert-OH is 1. The molecule has 0 radical (unpaired) electrons. The molecule has 1 atom stereocenters. The number of halogens is 2. The van der Waals surface area contributed by atoms with Gasteiger partial charge < -0.3 is 15.2 Å². The second-order valence-electron chi connectivity index (χ2n) is 6.61. The quantitative estimate of drug-likeness (QED) is 0.458. The first-order valence-electron chi connectivity index (χ1n) is 9.33. The van der Waals surface area contributed by atoms with Crippen LogP contribution in [0.4, 0.5) is 20.7 Å². The maximum absolute atomic E-state index is 13.9. The molecule has 0 saturated carbocycles. The van der Waals surface area contributed by atoms with Gasteiger partial charge in [0, 0.05) is 30.4 Å². The first kappa shape index (κ1) is 23.5. The number of aliphatic hydroxyl groups is 1. The van der Waals surface area contributed by atoms with Crippen molar-refractivity contribution in [3.63, 3.8) is 0 Å². The maximum Gasteiger partial charge on any atom is 0.304 e. The van der Waals surface area contributed by atoms with Crippen molar-refractivity contribution in [1.29, 1.82) is 0 Å². The fourth-order valence-corrected chi connectivity index (χ4v) is 4.46. The molecule has 3 rings (SSSR count). The summed E-state index contributed by atoms with van der Waals surface area (Å²) >= 11 is 0.981. The Morgan fingerprint density at radius 1 is 1.23 bits per heavy atom. The van der Waals surface area contributed by atoms with E-state index in [0.717, 1.165) is 17.8 Å². The minimum atomic E-state index is -3.93. The van der Waals surface area contributed by atoms with Gasteiger partial charge in [0.1, 0.15) is 0 Å². The molecule has 0 bridgehead atoms. The van der Waals surface area contributed by atoms with E-state index < -0.39 is 27.9 Å². The van der Waals surface area contributed by atoms with Crippen molar-refractivity contribution in [1.82, 2.24) is 19.3 Å². The molecular formula is C17H22F2N6O4S2. The number of rotatable bonds is 9. The van der Waals surface area contributed by atoms with Crippen molar-refractivity contribution in [3.8, 4) is 0 Å². The first-order valence-corrected chi connectivity index (χ1v) is 11.8. The number of anilines is 2. The van der Waals surface area contributed by atoms with Gasteiger partial charge in [-0.3, -0.25) is 0 Å². The Hall–Kier alpha value is -2.13. The van der Waals surface area contributed by atoms with Crippen LogP contribution in [0.15, 0.2) is 23.4 Å². The van der Waals surface area contributed by atoms with Crippen LogP contribution in [0.25, 0.3) is 0 Å². The number of aromatic nitrogens is 3. The van der Waals surface area contributed by atoms with Gasteiger partial charge in [-0.15, -0.1) is 0 Å². The van der Waals surface area contributed by atoms with Gasteiger partial charge in [0.2, 0.25) is 11.9 Å². The molecule has 0 aliphatic carbocycles. The zero-order valence-corrected chi connectivity index (χ0v) is 18.2. The molecule has 1 aromatic heterocycles. The van der Waals surface area contributed by atoms with E-state index in [1.165, 1.54) is 16.4 Å². The molecule has 0 unspecified atom stereocenters. The highest BCUT2D eigenvalue weighted by Crippen LogP contribution is 2.24. The molecule has 10 nitrogen and oxygen atoms in total. The smallest absolute Gasteiger partial charge is 0.304 e. The van der Waals surface area contributed by atoms with Crippen LogP contribution in [-0.4, -0.2) is 71.7 Å². The van der Waals surface area contributed by atoms with Crippen LogP contribution in [0.5, 0.6) is 0 Å². The highest BCUT2D eigenvalue weighted by Gasteiger charge is 2.25. The summed E-state index contributed by atoms with van der Waals surface area (Å²) in [7, 11) is -3.93. The molecule has 2 heterocycles.